The van der Waals surface area contributed by atoms with Gasteiger partial charge in [0.25, 0.3) is 0 Å². The summed E-state index contributed by atoms with van der Waals surface area (Å²) in [5.41, 5.74) is 4.19. The normalized spacial score (nSPS) is 15.1. The molecule has 1 aliphatic rings. The molecule has 6 heteroatoms. The van der Waals surface area contributed by atoms with Crippen LogP contribution in [0.4, 0.5) is 11.5 Å². The minimum absolute atomic E-state index is 0.454. The van der Waals surface area contributed by atoms with Crippen molar-refractivity contribution >= 4 is 33.9 Å². The lowest BCUT2D eigenvalue weighted by molar-refractivity contribution is 0.660. The molecule has 1 unspecified atom stereocenters. The molecule has 23 heavy (non-hydrogen) atoms. The van der Waals surface area contributed by atoms with Crippen molar-refractivity contribution in [1.82, 2.24) is 9.97 Å². The summed E-state index contributed by atoms with van der Waals surface area (Å²) in [5, 5.41) is 4.05. The van der Waals surface area contributed by atoms with E-state index in [9.17, 15) is 4.21 Å². The summed E-state index contributed by atoms with van der Waals surface area (Å²) in [7, 11) is -0.925. The Bertz CT molecular complexity index is 764. The number of aryl methyl sites for hydroxylation is 2. The van der Waals surface area contributed by atoms with Crippen molar-refractivity contribution < 1.29 is 4.21 Å². The van der Waals surface area contributed by atoms with Gasteiger partial charge in [0.05, 0.1) is 0 Å². The Morgan fingerprint density at radius 3 is 2.83 bits per heavy atom. The number of nitrogens with one attached hydrogen (secondary N) is 1. The second-order valence-corrected chi connectivity index (χ2v) is 7.74. The monoisotopic (exact) mass is 349 g/mol. The van der Waals surface area contributed by atoms with E-state index in [1.807, 2.05) is 25.1 Å². The molecule has 1 N–H and O–H groups in total. The fraction of sp³-hybridized carbons (Fsp3) is 0.412. The van der Waals surface area contributed by atoms with Gasteiger partial charge in [-0.25, -0.2) is 9.97 Å². The molecule has 0 bridgehead atoms. The van der Waals surface area contributed by atoms with Gasteiger partial charge in [-0.05, 0) is 56.4 Å². The van der Waals surface area contributed by atoms with Crippen molar-refractivity contribution in [3.05, 3.63) is 45.9 Å². The second kappa shape index (κ2) is 6.97. The number of nitrogens with zero attached hydrogens (tertiary/aromatic N) is 2. The average molecular weight is 350 g/mol. The molecular formula is C17H20ClN3OS. The Balaban J connectivity index is 1.93. The number of fused-ring (bicyclic) bond motifs is 1. The van der Waals surface area contributed by atoms with Crippen molar-refractivity contribution in [2.24, 2.45) is 0 Å². The van der Waals surface area contributed by atoms with Crippen LogP contribution in [0.5, 0.6) is 0 Å². The van der Waals surface area contributed by atoms with Crippen molar-refractivity contribution in [3.8, 4) is 0 Å². The first-order valence-corrected chi connectivity index (χ1v) is 9.85. The first kappa shape index (κ1) is 16.4. The fourth-order valence-electron chi connectivity index (χ4n) is 2.94. The highest BCUT2D eigenvalue weighted by atomic mass is 35.5. The van der Waals surface area contributed by atoms with Crippen LogP contribution >= 0.6 is 11.6 Å². The molecule has 122 valence electrons. The third-order valence-corrected chi connectivity index (χ3v) is 5.05. The standard InChI is InChI=1S/C17H20ClN3OS/c1-11-19-16-6-4-3-5-14(16)17(20-11)21-13-7-8-15(18)12(9-13)10-23(2)22/h7-9H,3-6,10H2,1-2H3,(H,19,20,21). The van der Waals surface area contributed by atoms with E-state index >= 15 is 0 Å². The average Bonchev–Trinajstić information content (AvgIpc) is 2.50. The van der Waals surface area contributed by atoms with Crippen LogP contribution in [-0.2, 0) is 29.4 Å². The lowest BCUT2D eigenvalue weighted by atomic mass is 9.96. The molecule has 3 rings (SSSR count). The highest BCUT2D eigenvalue weighted by Gasteiger charge is 2.17. The first-order valence-electron chi connectivity index (χ1n) is 7.75. The summed E-state index contributed by atoms with van der Waals surface area (Å²) >= 11 is 6.20. The maximum absolute atomic E-state index is 11.5. The second-order valence-electron chi connectivity index (χ2n) is 5.90. The van der Waals surface area contributed by atoms with Crippen LogP contribution in [0, 0.1) is 6.92 Å². The summed E-state index contributed by atoms with van der Waals surface area (Å²) < 4.78 is 11.5. The Hall–Kier alpha value is -1.46. The minimum atomic E-state index is -0.925. The smallest absolute Gasteiger partial charge is 0.137 e. The quantitative estimate of drug-likeness (QED) is 0.908. The molecule has 0 amide bonds. The summed E-state index contributed by atoms with van der Waals surface area (Å²) in [4.78, 5) is 9.15. The van der Waals surface area contributed by atoms with Gasteiger partial charge in [0.1, 0.15) is 11.6 Å². The van der Waals surface area contributed by atoms with Gasteiger partial charge in [-0.1, -0.05) is 11.6 Å². The predicted molar refractivity (Wildman–Crippen MR) is 95.9 cm³/mol. The zero-order valence-electron chi connectivity index (χ0n) is 13.4. The summed E-state index contributed by atoms with van der Waals surface area (Å²) in [6.45, 7) is 1.92. The van der Waals surface area contributed by atoms with Crippen molar-refractivity contribution in [2.45, 2.75) is 38.4 Å². The van der Waals surface area contributed by atoms with Crippen LogP contribution in [-0.4, -0.2) is 20.4 Å². The lowest BCUT2D eigenvalue weighted by Gasteiger charge is -2.19. The van der Waals surface area contributed by atoms with Gasteiger partial charge < -0.3 is 5.32 Å². The van der Waals surface area contributed by atoms with Gasteiger partial charge >= 0.3 is 0 Å². The van der Waals surface area contributed by atoms with E-state index in [1.165, 1.54) is 18.4 Å². The fourth-order valence-corrected chi connectivity index (χ4v) is 3.88. The number of hydrogen-bond acceptors (Lipinski definition) is 4. The lowest BCUT2D eigenvalue weighted by Crippen LogP contribution is -2.12. The molecule has 0 spiro atoms. The molecule has 4 nitrogen and oxygen atoms in total. The zero-order chi connectivity index (χ0) is 16.4. The highest BCUT2D eigenvalue weighted by Crippen LogP contribution is 2.29. The SMILES string of the molecule is Cc1nc2c(c(Nc3ccc(Cl)c(CS(C)=O)c3)n1)CCCC2. The highest BCUT2D eigenvalue weighted by molar-refractivity contribution is 7.83. The topological polar surface area (TPSA) is 54.9 Å². The molecule has 0 aliphatic heterocycles. The van der Waals surface area contributed by atoms with Crippen LogP contribution in [0.3, 0.4) is 0 Å². The summed E-state index contributed by atoms with van der Waals surface area (Å²) in [6.07, 6.45) is 6.08. The largest absolute Gasteiger partial charge is 0.340 e. The number of anilines is 2. The number of halogens is 1. The maximum atomic E-state index is 11.5. The number of benzene rings is 1. The molecule has 1 aromatic carbocycles. The zero-order valence-corrected chi connectivity index (χ0v) is 14.9. The number of hydrogen-bond donors (Lipinski definition) is 1. The molecule has 1 heterocycles. The van der Waals surface area contributed by atoms with E-state index in [1.54, 1.807) is 6.26 Å². The van der Waals surface area contributed by atoms with E-state index in [0.29, 0.717) is 10.8 Å². The molecule has 1 aliphatic carbocycles. The van der Waals surface area contributed by atoms with E-state index in [-0.39, 0.29) is 0 Å². The van der Waals surface area contributed by atoms with Crippen molar-refractivity contribution in [1.29, 1.82) is 0 Å². The Morgan fingerprint density at radius 2 is 2.04 bits per heavy atom. The van der Waals surface area contributed by atoms with E-state index in [0.717, 1.165) is 41.4 Å². The Kier molecular flexibility index (Phi) is 4.97. The third-order valence-electron chi connectivity index (χ3n) is 3.96. The van der Waals surface area contributed by atoms with Gasteiger partial charge in [-0.15, -0.1) is 0 Å². The molecule has 1 atom stereocenters. The first-order chi connectivity index (χ1) is 11.0. The van der Waals surface area contributed by atoms with Crippen LogP contribution in [0.15, 0.2) is 18.2 Å². The molecule has 0 saturated carbocycles. The van der Waals surface area contributed by atoms with Gasteiger partial charge in [-0.2, -0.15) is 0 Å². The third kappa shape index (κ3) is 3.90. The van der Waals surface area contributed by atoms with Crippen molar-refractivity contribution in [3.63, 3.8) is 0 Å². The van der Waals surface area contributed by atoms with E-state index in [2.05, 4.69) is 15.3 Å². The Morgan fingerprint density at radius 1 is 1.26 bits per heavy atom. The minimum Gasteiger partial charge on any atom is -0.340 e. The number of rotatable bonds is 4. The molecule has 0 saturated heterocycles. The molecule has 2 aromatic rings. The van der Waals surface area contributed by atoms with Crippen LogP contribution in [0.25, 0.3) is 0 Å². The van der Waals surface area contributed by atoms with Gasteiger partial charge in [0.2, 0.25) is 0 Å². The van der Waals surface area contributed by atoms with Gasteiger partial charge in [0.15, 0.2) is 0 Å². The predicted octanol–water partition coefficient (Wildman–Crippen LogP) is 3.94. The van der Waals surface area contributed by atoms with E-state index in [4.69, 9.17) is 11.6 Å². The molecule has 0 fully saturated rings. The van der Waals surface area contributed by atoms with Crippen LogP contribution < -0.4 is 5.32 Å². The Labute approximate surface area is 144 Å². The maximum Gasteiger partial charge on any atom is 0.137 e. The molecular weight excluding hydrogens is 330 g/mol. The molecule has 0 radical (unpaired) electrons. The molecule has 1 aromatic heterocycles. The van der Waals surface area contributed by atoms with Crippen molar-refractivity contribution in [2.75, 3.05) is 11.6 Å². The van der Waals surface area contributed by atoms with Gasteiger partial charge in [0, 0.05) is 44.8 Å². The van der Waals surface area contributed by atoms with Crippen LogP contribution in [0.1, 0.15) is 35.5 Å². The number of aromatic nitrogens is 2. The summed E-state index contributed by atoms with van der Waals surface area (Å²) in [6, 6.07) is 5.72. The summed E-state index contributed by atoms with van der Waals surface area (Å²) in [5.74, 6) is 2.13. The van der Waals surface area contributed by atoms with Crippen LogP contribution in [0.2, 0.25) is 5.02 Å². The van der Waals surface area contributed by atoms with E-state index < -0.39 is 10.8 Å². The van der Waals surface area contributed by atoms with Gasteiger partial charge in [-0.3, -0.25) is 4.21 Å².